The third kappa shape index (κ3) is 6.23. The molecule has 2 aromatic carbocycles. The van der Waals surface area contributed by atoms with Gasteiger partial charge in [-0.25, -0.2) is 13.1 Å². The molecule has 1 unspecified atom stereocenters. The van der Waals surface area contributed by atoms with Crippen LogP contribution < -0.4 is 4.72 Å². The minimum atomic E-state index is -3.75. The lowest BCUT2D eigenvalue weighted by Gasteiger charge is -2.39. The molecule has 2 saturated carbocycles. The molecule has 3 aromatic rings. The molecule has 3 aliphatic rings. The van der Waals surface area contributed by atoms with Gasteiger partial charge < -0.3 is 19.3 Å². The standard InChI is InChI=1S/C33H41N3O6S/c1-21-28-15-14-27(19-29(28)35(2)32(21)24-6-3-22(4-7-24)5-16-31(37)38)43(40,41)34-26-12-10-25(11-13-26)33(39)36-17-18-42-20-30(36)23-8-9-23/h3-4,6-7,14-15,19,23,25-26,30,34H,5,8-13,16-18,20H2,1-2H3,(H,37,38). The molecule has 3 fully saturated rings. The number of ether oxygens (including phenoxy) is 1. The van der Waals surface area contributed by atoms with E-state index < -0.39 is 16.0 Å². The van der Waals surface area contributed by atoms with E-state index in [1.54, 1.807) is 12.1 Å². The van der Waals surface area contributed by atoms with Crippen molar-refractivity contribution >= 4 is 32.8 Å². The summed E-state index contributed by atoms with van der Waals surface area (Å²) in [5, 5.41) is 9.95. The van der Waals surface area contributed by atoms with Crippen molar-refractivity contribution in [2.75, 3.05) is 19.8 Å². The van der Waals surface area contributed by atoms with Crippen LogP contribution in [0.3, 0.4) is 0 Å². The number of carboxylic acid groups (broad SMARTS) is 1. The smallest absolute Gasteiger partial charge is 0.303 e. The van der Waals surface area contributed by atoms with Crippen molar-refractivity contribution in [3.63, 3.8) is 0 Å². The molecule has 1 aliphatic heterocycles. The van der Waals surface area contributed by atoms with Crippen molar-refractivity contribution in [1.82, 2.24) is 14.2 Å². The minimum Gasteiger partial charge on any atom is -0.481 e. The summed E-state index contributed by atoms with van der Waals surface area (Å²) in [4.78, 5) is 26.6. The van der Waals surface area contributed by atoms with E-state index in [-0.39, 0.29) is 35.2 Å². The van der Waals surface area contributed by atoms with Crippen LogP contribution in [0.25, 0.3) is 22.2 Å². The Morgan fingerprint density at radius 2 is 1.74 bits per heavy atom. The summed E-state index contributed by atoms with van der Waals surface area (Å²) < 4.78 is 37.6. The van der Waals surface area contributed by atoms with Crippen LogP contribution >= 0.6 is 0 Å². The van der Waals surface area contributed by atoms with Gasteiger partial charge in [0.1, 0.15) is 0 Å². The van der Waals surface area contributed by atoms with Crippen LogP contribution in [0, 0.1) is 18.8 Å². The van der Waals surface area contributed by atoms with Gasteiger partial charge in [-0.2, -0.15) is 0 Å². The van der Waals surface area contributed by atoms with Gasteiger partial charge in [-0.15, -0.1) is 0 Å². The second kappa shape index (κ2) is 12.1. The zero-order chi connectivity index (χ0) is 30.3. The number of aliphatic carboxylic acids is 1. The maximum absolute atomic E-state index is 13.5. The van der Waals surface area contributed by atoms with E-state index in [9.17, 15) is 18.0 Å². The molecule has 1 saturated heterocycles. The summed E-state index contributed by atoms with van der Waals surface area (Å²) in [6, 6.07) is 13.2. The summed E-state index contributed by atoms with van der Waals surface area (Å²) in [6.45, 7) is 3.93. The van der Waals surface area contributed by atoms with E-state index in [0.717, 1.165) is 33.3 Å². The first-order chi connectivity index (χ1) is 20.6. The summed E-state index contributed by atoms with van der Waals surface area (Å²) in [6.07, 6.45) is 5.58. The van der Waals surface area contributed by atoms with Crippen LogP contribution in [-0.4, -0.2) is 66.7 Å². The van der Waals surface area contributed by atoms with Crippen LogP contribution in [0.15, 0.2) is 47.4 Å². The minimum absolute atomic E-state index is 0.0487. The van der Waals surface area contributed by atoms with E-state index >= 15 is 0 Å². The van der Waals surface area contributed by atoms with Crippen molar-refractivity contribution in [2.45, 2.75) is 75.3 Å². The number of morpholine rings is 1. The highest BCUT2D eigenvalue weighted by Crippen LogP contribution is 2.38. The largest absolute Gasteiger partial charge is 0.481 e. The molecule has 0 bridgehead atoms. The molecule has 1 amide bonds. The predicted octanol–water partition coefficient (Wildman–Crippen LogP) is 4.65. The first-order valence-electron chi connectivity index (χ1n) is 15.4. The number of aromatic nitrogens is 1. The third-order valence-electron chi connectivity index (χ3n) is 9.60. The molecule has 6 rings (SSSR count). The number of amides is 1. The zero-order valence-corrected chi connectivity index (χ0v) is 25.7. The number of carbonyl (C=O) groups excluding carboxylic acids is 1. The monoisotopic (exact) mass is 607 g/mol. The van der Waals surface area contributed by atoms with Crippen LogP contribution in [0.2, 0.25) is 0 Å². The molecule has 0 radical (unpaired) electrons. The van der Waals surface area contributed by atoms with Gasteiger partial charge in [0.05, 0.1) is 29.8 Å². The van der Waals surface area contributed by atoms with Gasteiger partial charge in [0.25, 0.3) is 0 Å². The Balaban J connectivity index is 1.13. The fraction of sp³-hybridized carbons (Fsp3) is 0.515. The van der Waals surface area contributed by atoms with Gasteiger partial charge in [0.2, 0.25) is 15.9 Å². The summed E-state index contributed by atoms with van der Waals surface area (Å²) in [5.74, 6) is -0.0729. The van der Waals surface area contributed by atoms with Crippen LogP contribution in [0.4, 0.5) is 0 Å². The second-order valence-electron chi connectivity index (χ2n) is 12.5. The number of benzene rings is 2. The topological polar surface area (TPSA) is 118 Å². The summed E-state index contributed by atoms with van der Waals surface area (Å²) in [5.41, 5.74) is 4.83. The lowest BCUT2D eigenvalue weighted by atomic mass is 9.85. The fourth-order valence-corrected chi connectivity index (χ4v) is 8.34. The number of fused-ring (bicyclic) bond motifs is 1. The predicted molar refractivity (Wildman–Crippen MR) is 164 cm³/mol. The molecule has 10 heteroatoms. The van der Waals surface area contributed by atoms with E-state index in [1.165, 1.54) is 12.8 Å². The molecular formula is C33H41N3O6S. The molecule has 230 valence electrons. The number of rotatable bonds is 9. The quantitative estimate of drug-likeness (QED) is 0.366. The normalized spacial score (nSPS) is 23.0. The molecule has 1 atom stereocenters. The van der Waals surface area contributed by atoms with E-state index in [0.29, 0.717) is 57.8 Å². The molecule has 2 heterocycles. The highest BCUT2D eigenvalue weighted by atomic mass is 32.2. The van der Waals surface area contributed by atoms with Crippen molar-refractivity contribution in [3.05, 3.63) is 53.6 Å². The Bertz CT molecular complexity index is 1620. The molecular weight excluding hydrogens is 566 g/mol. The average molecular weight is 608 g/mol. The summed E-state index contributed by atoms with van der Waals surface area (Å²) in [7, 11) is -1.81. The van der Waals surface area contributed by atoms with Crippen LogP contribution in [-0.2, 0) is 37.8 Å². The number of hydrogen-bond donors (Lipinski definition) is 2. The maximum atomic E-state index is 13.5. The molecule has 43 heavy (non-hydrogen) atoms. The van der Waals surface area contributed by atoms with E-state index in [1.807, 2.05) is 48.9 Å². The van der Waals surface area contributed by atoms with E-state index in [2.05, 4.69) is 9.62 Å². The highest BCUT2D eigenvalue weighted by Gasteiger charge is 2.41. The molecule has 0 spiro atoms. The number of hydrogen-bond acceptors (Lipinski definition) is 5. The second-order valence-corrected chi connectivity index (χ2v) is 14.2. The number of aryl methyl sites for hydroxylation is 3. The molecule has 2 aliphatic carbocycles. The highest BCUT2D eigenvalue weighted by molar-refractivity contribution is 7.89. The lowest BCUT2D eigenvalue weighted by Crippen LogP contribution is -2.52. The Kier molecular flexibility index (Phi) is 8.37. The van der Waals surface area contributed by atoms with Crippen molar-refractivity contribution in [2.24, 2.45) is 18.9 Å². The Morgan fingerprint density at radius 1 is 1.02 bits per heavy atom. The van der Waals surface area contributed by atoms with Gasteiger partial charge in [0.15, 0.2) is 0 Å². The van der Waals surface area contributed by atoms with Crippen molar-refractivity contribution in [1.29, 1.82) is 0 Å². The first kappa shape index (κ1) is 29.8. The zero-order valence-electron chi connectivity index (χ0n) is 24.9. The number of carboxylic acids is 1. The number of sulfonamides is 1. The number of carbonyl (C=O) groups is 2. The first-order valence-corrected chi connectivity index (χ1v) is 16.9. The maximum Gasteiger partial charge on any atom is 0.303 e. The van der Waals surface area contributed by atoms with E-state index in [4.69, 9.17) is 9.84 Å². The van der Waals surface area contributed by atoms with Crippen molar-refractivity contribution < 1.29 is 27.9 Å². The van der Waals surface area contributed by atoms with Crippen LogP contribution in [0.1, 0.15) is 56.1 Å². The third-order valence-corrected chi connectivity index (χ3v) is 11.1. The van der Waals surface area contributed by atoms with Crippen LogP contribution in [0.5, 0.6) is 0 Å². The molecule has 9 nitrogen and oxygen atoms in total. The molecule has 2 N–H and O–H groups in total. The van der Waals surface area contributed by atoms with Gasteiger partial charge >= 0.3 is 5.97 Å². The van der Waals surface area contributed by atoms with Gasteiger partial charge in [0, 0.05) is 42.9 Å². The van der Waals surface area contributed by atoms with Gasteiger partial charge in [-0.1, -0.05) is 30.3 Å². The summed E-state index contributed by atoms with van der Waals surface area (Å²) >= 11 is 0. The fourth-order valence-electron chi connectivity index (χ4n) is 7.01. The van der Waals surface area contributed by atoms with Gasteiger partial charge in [-0.3, -0.25) is 9.59 Å². The lowest BCUT2D eigenvalue weighted by molar-refractivity contribution is -0.146. The van der Waals surface area contributed by atoms with Gasteiger partial charge in [-0.05, 0) is 86.6 Å². The Morgan fingerprint density at radius 3 is 2.42 bits per heavy atom. The average Bonchev–Trinajstić information content (AvgIpc) is 3.82. The Hall–Kier alpha value is -3.21. The number of nitrogens with zero attached hydrogens (tertiary/aromatic N) is 2. The molecule has 1 aromatic heterocycles. The Labute approximate surface area is 253 Å². The number of nitrogens with one attached hydrogen (secondary N) is 1. The van der Waals surface area contributed by atoms with Crippen molar-refractivity contribution in [3.8, 4) is 11.3 Å². The SMILES string of the molecule is Cc1c(-c2ccc(CCC(=O)O)cc2)n(C)c2cc(S(=O)(=O)NC3CCC(C(=O)N4CCOCC4C4CC4)CC3)ccc12.